The minimum absolute atomic E-state index is 0.00831. The Kier molecular flexibility index (Phi) is 6.68. The van der Waals surface area contributed by atoms with Gasteiger partial charge in [-0.1, -0.05) is 41.9 Å². The van der Waals surface area contributed by atoms with Gasteiger partial charge in [-0.15, -0.1) is 11.8 Å². The van der Waals surface area contributed by atoms with Crippen LogP contribution in [-0.2, 0) is 16.1 Å². The van der Waals surface area contributed by atoms with Crippen molar-refractivity contribution in [3.8, 4) is 0 Å². The van der Waals surface area contributed by atoms with Crippen LogP contribution in [-0.4, -0.2) is 35.1 Å². The molecule has 2 amide bonds. The fraction of sp³-hybridized carbons (Fsp3) is 0.333. The smallest absolute Gasteiger partial charge is 0.260 e. The van der Waals surface area contributed by atoms with Gasteiger partial charge in [0.05, 0.1) is 4.91 Å². The zero-order valence-corrected chi connectivity index (χ0v) is 18.8. The van der Waals surface area contributed by atoms with Gasteiger partial charge in [0.15, 0.2) is 0 Å². The summed E-state index contributed by atoms with van der Waals surface area (Å²) in [7, 11) is 1.82. The molecule has 3 unspecified atom stereocenters. The fourth-order valence-electron chi connectivity index (χ4n) is 4.20. The van der Waals surface area contributed by atoms with Crippen LogP contribution in [0.1, 0.15) is 30.4 Å². The molecule has 4 rings (SSSR count). The number of hydrogen-bond acceptors (Lipinski definition) is 3. The maximum atomic E-state index is 13.0. The first-order valence-corrected chi connectivity index (χ1v) is 11.6. The molecule has 7 heteroatoms. The topological polar surface area (TPSA) is 49.4 Å². The molecule has 1 aliphatic heterocycles. The lowest BCUT2D eigenvalue weighted by Gasteiger charge is -2.44. The first-order chi connectivity index (χ1) is 14.9. The molecule has 2 aromatic rings. The van der Waals surface area contributed by atoms with Crippen molar-refractivity contribution >= 4 is 41.3 Å². The summed E-state index contributed by atoms with van der Waals surface area (Å²) >= 11 is 7.86. The van der Waals surface area contributed by atoms with Crippen molar-refractivity contribution in [2.75, 3.05) is 7.05 Å². The van der Waals surface area contributed by atoms with Gasteiger partial charge in [0.25, 0.3) is 5.91 Å². The van der Waals surface area contributed by atoms with Gasteiger partial charge in [0.1, 0.15) is 5.82 Å². The number of hydrogen-bond donors (Lipinski definition) is 1. The van der Waals surface area contributed by atoms with Crippen molar-refractivity contribution in [1.29, 1.82) is 0 Å². The number of rotatable bonds is 4. The third-order valence-electron chi connectivity index (χ3n) is 6.00. The van der Waals surface area contributed by atoms with E-state index in [0.717, 1.165) is 24.0 Å². The average Bonchev–Trinajstić information content (AvgIpc) is 2.78. The normalized spacial score (nSPS) is 24.7. The molecular weight excluding hydrogens is 435 g/mol. The zero-order chi connectivity index (χ0) is 22.0. The molecule has 31 heavy (non-hydrogen) atoms. The minimum Gasteiger partial charge on any atom is -0.352 e. The second-order valence-electron chi connectivity index (χ2n) is 8.02. The average molecular weight is 459 g/mol. The first kappa shape index (κ1) is 21.9. The molecule has 3 atom stereocenters. The number of thioether (sulfide) groups is 1. The van der Waals surface area contributed by atoms with Gasteiger partial charge in [0.2, 0.25) is 5.91 Å². The van der Waals surface area contributed by atoms with Crippen LogP contribution in [0.5, 0.6) is 0 Å². The van der Waals surface area contributed by atoms with E-state index in [1.165, 1.54) is 12.1 Å². The maximum Gasteiger partial charge on any atom is 0.260 e. The Morgan fingerprint density at radius 1 is 1.23 bits per heavy atom. The van der Waals surface area contributed by atoms with Crippen LogP contribution in [0.4, 0.5) is 4.39 Å². The summed E-state index contributed by atoms with van der Waals surface area (Å²) in [5.41, 5.74) is 1.69. The molecule has 1 aliphatic carbocycles. The van der Waals surface area contributed by atoms with E-state index >= 15 is 0 Å². The summed E-state index contributed by atoms with van der Waals surface area (Å²) in [6.45, 7) is 0.373. The summed E-state index contributed by atoms with van der Waals surface area (Å²) in [5, 5.41) is 3.84. The summed E-state index contributed by atoms with van der Waals surface area (Å²) in [6, 6.07) is 13.6. The van der Waals surface area contributed by atoms with E-state index in [9.17, 15) is 14.0 Å². The molecule has 0 spiro atoms. The van der Waals surface area contributed by atoms with Crippen LogP contribution >= 0.6 is 23.4 Å². The number of likely N-dealkylation sites (N-methyl/N-ethyl adjacent to an activating group) is 1. The van der Waals surface area contributed by atoms with Crippen molar-refractivity contribution < 1.29 is 14.0 Å². The largest absolute Gasteiger partial charge is 0.352 e. The molecule has 1 saturated heterocycles. The van der Waals surface area contributed by atoms with E-state index in [1.807, 2.05) is 37.4 Å². The Balaban J connectivity index is 1.40. The van der Waals surface area contributed by atoms with E-state index in [0.29, 0.717) is 22.9 Å². The minimum atomic E-state index is -0.293. The van der Waals surface area contributed by atoms with Crippen LogP contribution in [0.15, 0.2) is 53.4 Å². The number of benzene rings is 2. The molecular formula is C24H24ClFN2O2S. The van der Waals surface area contributed by atoms with Gasteiger partial charge in [-0.05, 0) is 54.7 Å². The molecule has 2 aromatic carbocycles. The number of fused-ring (bicyclic) bond motifs is 1. The Morgan fingerprint density at radius 3 is 2.71 bits per heavy atom. The Bertz CT molecular complexity index is 1010. The van der Waals surface area contributed by atoms with Crippen LogP contribution in [0.25, 0.3) is 6.08 Å². The second-order valence-corrected chi connectivity index (χ2v) is 9.71. The van der Waals surface area contributed by atoms with Crippen molar-refractivity contribution in [3.05, 3.63) is 75.4 Å². The maximum absolute atomic E-state index is 13.0. The Morgan fingerprint density at radius 2 is 1.97 bits per heavy atom. The van der Waals surface area contributed by atoms with Crippen molar-refractivity contribution in [2.45, 2.75) is 37.1 Å². The molecule has 4 nitrogen and oxygen atoms in total. The third kappa shape index (κ3) is 4.96. The zero-order valence-electron chi connectivity index (χ0n) is 17.2. The van der Waals surface area contributed by atoms with Gasteiger partial charge < -0.3 is 10.2 Å². The van der Waals surface area contributed by atoms with Gasteiger partial charge in [-0.3, -0.25) is 9.59 Å². The summed E-state index contributed by atoms with van der Waals surface area (Å²) in [6.07, 6.45) is 4.16. The van der Waals surface area contributed by atoms with Crippen LogP contribution in [0.2, 0.25) is 5.02 Å². The van der Waals surface area contributed by atoms with Crippen molar-refractivity contribution in [3.63, 3.8) is 0 Å². The summed E-state index contributed by atoms with van der Waals surface area (Å²) < 4.78 is 13.0. The number of halogens is 2. The molecule has 2 aliphatic rings. The number of amides is 2. The fourth-order valence-corrected chi connectivity index (χ4v) is 5.87. The Labute approximate surface area is 190 Å². The molecule has 0 bridgehead atoms. The number of carbonyl (C=O) groups excluding carboxylic acids is 2. The van der Waals surface area contributed by atoms with Crippen LogP contribution in [0.3, 0.4) is 0 Å². The van der Waals surface area contributed by atoms with E-state index in [4.69, 9.17) is 11.6 Å². The molecule has 0 aromatic heterocycles. The van der Waals surface area contributed by atoms with Gasteiger partial charge in [0, 0.05) is 35.8 Å². The highest BCUT2D eigenvalue weighted by Gasteiger charge is 2.42. The molecule has 1 N–H and O–H groups in total. The molecule has 1 heterocycles. The Hall–Kier alpha value is -2.31. The summed E-state index contributed by atoms with van der Waals surface area (Å²) in [5.74, 6) is -0.463. The lowest BCUT2D eigenvalue weighted by atomic mass is 9.83. The molecule has 0 radical (unpaired) electrons. The van der Waals surface area contributed by atoms with E-state index in [1.54, 1.807) is 28.8 Å². The molecule has 162 valence electrons. The highest BCUT2D eigenvalue weighted by molar-refractivity contribution is 8.04. The lowest BCUT2D eigenvalue weighted by molar-refractivity contribution is -0.132. The van der Waals surface area contributed by atoms with Gasteiger partial charge in [-0.25, -0.2) is 4.39 Å². The highest BCUT2D eigenvalue weighted by Crippen LogP contribution is 2.43. The molecule has 1 saturated carbocycles. The quantitative estimate of drug-likeness (QED) is 0.664. The van der Waals surface area contributed by atoms with E-state index < -0.39 is 0 Å². The van der Waals surface area contributed by atoms with Gasteiger partial charge in [-0.2, -0.15) is 0 Å². The van der Waals surface area contributed by atoms with E-state index in [2.05, 4.69) is 5.32 Å². The highest BCUT2D eigenvalue weighted by atomic mass is 35.5. The number of carbonyl (C=O) groups is 2. The monoisotopic (exact) mass is 458 g/mol. The number of nitrogens with one attached hydrogen (secondary N) is 1. The van der Waals surface area contributed by atoms with Crippen LogP contribution < -0.4 is 5.32 Å². The standard InChI is InChI=1S/C24H24ClFN2O2S/c1-28-20-12-17(23(29)27-14-15-6-9-18(26)10-7-15)8-11-21(20)31-22(24(28)30)13-16-4-2-3-5-19(16)25/h2-7,9-10,13,17,20-21H,8,11-12,14H2,1H3,(H,27,29)/b22-13-. The predicted octanol–water partition coefficient (Wildman–Crippen LogP) is 4.88. The SMILES string of the molecule is CN1C(=O)/C(=C/c2ccccc2Cl)SC2CCC(C(=O)NCc3ccc(F)cc3)CC21. The summed E-state index contributed by atoms with van der Waals surface area (Å²) in [4.78, 5) is 28.2. The third-order valence-corrected chi connectivity index (χ3v) is 7.75. The lowest BCUT2D eigenvalue weighted by Crippen LogP contribution is -2.52. The van der Waals surface area contributed by atoms with E-state index in [-0.39, 0.29) is 34.8 Å². The number of nitrogens with zero attached hydrogens (tertiary/aromatic N) is 1. The van der Waals surface area contributed by atoms with Gasteiger partial charge >= 0.3 is 0 Å². The van der Waals surface area contributed by atoms with Crippen LogP contribution in [0, 0.1) is 11.7 Å². The second kappa shape index (κ2) is 9.45. The molecule has 2 fully saturated rings. The first-order valence-electron chi connectivity index (χ1n) is 10.3. The predicted molar refractivity (Wildman–Crippen MR) is 123 cm³/mol. The van der Waals surface area contributed by atoms with Crippen molar-refractivity contribution in [1.82, 2.24) is 10.2 Å². The van der Waals surface area contributed by atoms with Crippen molar-refractivity contribution in [2.24, 2.45) is 5.92 Å².